The Kier molecular flexibility index (Phi) is 4.66. The fourth-order valence-electron chi connectivity index (χ4n) is 4.58. The van der Waals surface area contributed by atoms with Crippen LogP contribution in [0, 0.1) is 0 Å². The van der Waals surface area contributed by atoms with Crippen LogP contribution in [0.1, 0.15) is 53.0 Å². The lowest BCUT2D eigenvalue weighted by molar-refractivity contribution is 0.0735. The first-order valence-corrected chi connectivity index (χ1v) is 10.6. The van der Waals surface area contributed by atoms with Crippen LogP contribution in [-0.2, 0) is 25.9 Å². The van der Waals surface area contributed by atoms with Gasteiger partial charge in [-0.2, -0.15) is 0 Å². The molecule has 0 fully saturated rings. The van der Waals surface area contributed by atoms with E-state index in [1.165, 1.54) is 17.5 Å². The van der Waals surface area contributed by atoms with Crippen molar-refractivity contribution in [2.45, 2.75) is 51.6 Å². The molecular formula is C24H25N3O2. The Bertz CT molecular complexity index is 1150. The zero-order valence-electron chi connectivity index (χ0n) is 16.6. The molecule has 2 aromatic carbocycles. The minimum atomic E-state index is 0.00930. The Morgan fingerprint density at radius 3 is 2.62 bits per heavy atom. The third kappa shape index (κ3) is 3.35. The molecule has 29 heavy (non-hydrogen) atoms. The quantitative estimate of drug-likeness (QED) is 0.640. The van der Waals surface area contributed by atoms with Gasteiger partial charge in [0.25, 0.3) is 11.5 Å². The van der Waals surface area contributed by atoms with Crippen LogP contribution in [0.3, 0.4) is 0 Å². The van der Waals surface area contributed by atoms with Crippen LogP contribution in [0.25, 0.3) is 10.9 Å². The molecule has 2 aliphatic heterocycles. The number of amides is 1. The number of aromatic nitrogens is 2. The lowest BCUT2D eigenvalue weighted by atomic mass is 9.99. The molecule has 0 spiro atoms. The minimum absolute atomic E-state index is 0.00930. The van der Waals surface area contributed by atoms with Gasteiger partial charge in [-0.05, 0) is 48.6 Å². The number of hydrogen-bond acceptors (Lipinski definition) is 3. The number of aryl methyl sites for hydroxylation is 1. The molecule has 0 N–H and O–H groups in total. The van der Waals surface area contributed by atoms with E-state index < -0.39 is 0 Å². The van der Waals surface area contributed by atoms with Crippen molar-refractivity contribution in [3.63, 3.8) is 0 Å². The minimum Gasteiger partial charge on any atom is -0.334 e. The first-order valence-electron chi connectivity index (χ1n) is 10.6. The smallest absolute Gasteiger partial charge is 0.261 e. The largest absolute Gasteiger partial charge is 0.334 e. The molecule has 5 heteroatoms. The monoisotopic (exact) mass is 387 g/mol. The van der Waals surface area contributed by atoms with Crippen molar-refractivity contribution in [2.24, 2.45) is 0 Å². The third-order valence-electron chi connectivity index (χ3n) is 6.23. The zero-order chi connectivity index (χ0) is 19.8. The molecule has 2 aliphatic rings. The van der Waals surface area contributed by atoms with Crippen molar-refractivity contribution >= 4 is 16.8 Å². The highest BCUT2D eigenvalue weighted by molar-refractivity contribution is 5.97. The summed E-state index contributed by atoms with van der Waals surface area (Å²) in [6.45, 7) is 2.09. The van der Waals surface area contributed by atoms with Gasteiger partial charge >= 0.3 is 0 Å². The van der Waals surface area contributed by atoms with Crippen LogP contribution in [0.5, 0.6) is 0 Å². The van der Waals surface area contributed by atoms with Gasteiger partial charge in [-0.25, -0.2) is 4.98 Å². The van der Waals surface area contributed by atoms with Crippen LogP contribution >= 0.6 is 0 Å². The predicted octanol–water partition coefficient (Wildman–Crippen LogP) is 3.71. The van der Waals surface area contributed by atoms with Crippen LogP contribution in [-0.4, -0.2) is 26.9 Å². The second kappa shape index (κ2) is 7.47. The third-order valence-corrected chi connectivity index (χ3v) is 6.23. The molecular weight excluding hydrogens is 362 g/mol. The maximum Gasteiger partial charge on any atom is 0.261 e. The molecule has 3 heterocycles. The summed E-state index contributed by atoms with van der Waals surface area (Å²) >= 11 is 0. The number of rotatable bonds is 1. The van der Waals surface area contributed by atoms with Crippen LogP contribution in [0.2, 0.25) is 0 Å². The van der Waals surface area contributed by atoms with Gasteiger partial charge in [-0.3, -0.25) is 14.2 Å². The molecule has 1 aromatic heterocycles. The van der Waals surface area contributed by atoms with E-state index in [2.05, 4.69) is 18.2 Å². The lowest BCUT2D eigenvalue weighted by Crippen LogP contribution is -2.36. The number of fused-ring (bicyclic) bond motifs is 3. The first-order chi connectivity index (χ1) is 14.2. The zero-order valence-corrected chi connectivity index (χ0v) is 16.6. The Hall–Kier alpha value is -2.95. The summed E-state index contributed by atoms with van der Waals surface area (Å²) in [5.41, 5.74) is 3.82. The molecule has 0 bridgehead atoms. The lowest BCUT2D eigenvalue weighted by Gasteiger charge is -2.29. The molecule has 0 radical (unpaired) electrons. The molecule has 0 unspecified atom stereocenters. The fraction of sp³-hybridized carbons (Fsp3) is 0.375. The molecule has 0 atom stereocenters. The summed E-state index contributed by atoms with van der Waals surface area (Å²) in [5, 5.41) is 0.606. The summed E-state index contributed by atoms with van der Waals surface area (Å²) < 4.78 is 1.84. The maximum atomic E-state index is 13.1. The van der Waals surface area contributed by atoms with Crippen molar-refractivity contribution < 1.29 is 4.79 Å². The van der Waals surface area contributed by atoms with E-state index in [4.69, 9.17) is 4.98 Å². The van der Waals surface area contributed by atoms with Crippen LogP contribution < -0.4 is 5.56 Å². The van der Waals surface area contributed by atoms with Gasteiger partial charge in [0.05, 0.1) is 10.9 Å². The molecule has 5 nitrogen and oxygen atoms in total. The van der Waals surface area contributed by atoms with Gasteiger partial charge in [0.2, 0.25) is 0 Å². The van der Waals surface area contributed by atoms with E-state index in [9.17, 15) is 9.59 Å². The summed E-state index contributed by atoms with van der Waals surface area (Å²) in [6.07, 6.45) is 6.13. The van der Waals surface area contributed by atoms with Gasteiger partial charge in [0, 0.05) is 31.6 Å². The van der Waals surface area contributed by atoms with Gasteiger partial charge in [-0.1, -0.05) is 37.1 Å². The summed E-state index contributed by atoms with van der Waals surface area (Å²) in [4.78, 5) is 32.8. The van der Waals surface area contributed by atoms with E-state index in [0.717, 1.165) is 44.5 Å². The molecule has 0 aliphatic carbocycles. The summed E-state index contributed by atoms with van der Waals surface area (Å²) in [5.74, 6) is 0.869. The topological polar surface area (TPSA) is 55.2 Å². The number of carbonyl (C=O) groups is 1. The normalized spacial score (nSPS) is 16.6. The molecule has 148 valence electrons. The molecule has 3 aromatic rings. The van der Waals surface area contributed by atoms with Crippen molar-refractivity contribution in [1.82, 2.24) is 14.5 Å². The number of carbonyl (C=O) groups excluding carboxylic acids is 1. The predicted molar refractivity (Wildman–Crippen MR) is 113 cm³/mol. The SMILES string of the molecule is O=C(c1ccc2c(=O)n3c(nc2c1)CCCCCC3)N1CCc2ccccc2C1. The highest BCUT2D eigenvalue weighted by atomic mass is 16.2. The van der Waals surface area contributed by atoms with Gasteiger partial charge in [-0.15, -0.1) is 0 Å². The maximum absolute atomic E-state index is 13.1. The van der Waals surface area contributed by atoms with E-state index in [1.807, 2.05) is 15.5 Å². The number of hydrogen-bond donors (Lipinski definition) is 0. The fourth-order valence-corrected chi connectivity index (χ4v) is 4.58. The van der Waals surface area contributed by atoms with Crippen molar-refractivity contribution in [3.8, 4) is 0 Å². The Labute approximate surface area is 170 Å². The average molecular weight is 387 g/mol. The number of benzene rings is 2. The van der Waals surface area contributed by atoms with E-state index in [0.29, 0.717) is 29.6 Å². The average Bonchev–Trinajstić information content (AvgIpc) is 2.74. The highest BCUT2D eigenvalue weighted by Crippen LogP contribution is 2.22. The molecule has 0 saturated carbocycles. The van der Waals surface area contributed by atoms with E-state index in [-0.39, 0.29) is 11.5 Å². The Morgan fingerprint density at radius 1 is 0.897 bits per heavy atom. The first kappa shape index (κ1) is 18.1. The van der Waals surface area contributed by atoms with Gasteiger partial charge in [0.15, 0.2) is 0 Å². The molecule has 1 amide bonds. The second-order valence-electron chi connectivity index (χ2n) is 8.13. The summed E-state index contributed by atoms with van der Waals surface area (Å²) in [6, 6.07) is 13.7. The van der Waals surface area contributed by atoms with Crippen molar-refractivity contribution in [2.75, 3.05) is 6.54 Å². The molecule has 5 rings (SSSR count). The van der Waals surface area contributed by atoms with E-state index in [1.54, 1.807) is 18.2 Å². The van der Waals surface area contributed by atoms with Gasteiger partial charge < -0.3 is 4.90 Å². The highest BCUT2D eigenvalue weighted by Gasteiger charge is 2.22. The summed E-state index contributed by atoms with van der Waals surface area (Å²) in [7, 11) is 0. The second-order valence-corrected chi connectivity index (χ2v) is 8.13. The van der Waals surface area contributed by atoms with Gasteiger partial charge in [0.1, 0.15) is 5.82 Å². The van der Waals surface area contributed by atoms with E-state index >= 15 is 0 Å². The van der Waals surface area contributed by atoms with Crippen LogP contribution in [0.15, 0.2) is 47.3 Å². The molecule has 0 saturated heterocycles. The van der Waals surface area contributed by atoms with Crippen molar-refractivity contribution in [1.29, 1.82) is 0 Å². The van der Waals surface area contributed by atoms with Crippen LogP contribution in [0.4, 0.5) is 0 Å². The standard InChI is InChI=1S/C24H25N3O2/c28-23(26-14-12-17-7-4-5-8-19(17)16-26)18-10-11-20-21(15-18)25-22-9-3-1-2-6-13-27(22)24(20)29/h4-5,7-8,10-11,15H,1-3,6,9,12-14,16H2. The Balaban J connectivity index is 1.49. The van der Waals surface area contributed by atoms with Crippen molar-refractivity contribution in [3.05, 3.63) is 75.3 Å². The number of nitrogens with zero attached hydrogens (tertiary/aromatic N) is 3. The Morgan fingerprint density at radius 2 is 1.72 bits per heavy atom.